The highest BCUT2D eigenvalue weighted by atomic mass is 19.1. The van der Waals surface area contributed by atoms with Gasteiger partial charge >= 0.3 is 0 Å². The molecule has 0 aliphatic carbocycles. The third-order valence-corrected chi connectivity index (χ3v) is 3.21. The van der Waals surface area contributed by atoms with Gasteiger partial charge in [0.25, 0.3) is 0 Å². The summed E-state index contributed by atoms with van der Waals surface area (Å²) in [5, 5.41) is 1.07. The third-order valence-electron chi connectivity index (χ3n) is 3.21. The van der Waals surface area contributed by atoms with Gasteiger partial charge in [-0.15, -0.1) is 0 Å². The Balaban J connectivity index is 1.81. The Kier molecular flexibility index (Phi) is 3.33. The van der Waals surface area contributed by atoms with Gasteiger partial charge in [0.1, 0.15) is 18.2 Å². The Hall–Kier alpha value is -2.42. The summed E-state index contributed by atoms with van der Waals surface area (Å²) in [5.74, 6) is 0.296. The normalized spacial score (nSPS) is 10.7. The predicted octanol–water partition coefficient (Wildman–Crippen LogP) is 4.26. The molecule has 1 heterocycles. The molecule has 0 aliphatic heterocycles. The number of nitrogens with zero attached hydrogens (tertiary/aromatic N) is 1. The number of aromatic nitrogens is 1. The van der Waals surface area contributed by atoms with Gasteiger partial charge in [-0.1, -0.05) is 18.2 Å². The maximum Gasteiger partial charge on any atom is 0.126 e. The molecule has 0 saturated carbocycles. The minimum Gasteiger partial charge on any atom is -0.489 e. The van der Waals surface area contributed by atoms with Crippen LogP contribution in [0.2, 0.25) is 0 Å². The smallest absolute Gasteiger partial charge is 0.126 e. The Labute approximate surface area is 116 Å². The Morgan fingerprint density at radius 2 is 2.00 bits per heavy atom. The highest BCUT2D eigenvalue weighted by Gasteiger charge is 2.03. The van der Waals surface area contributed by atoms with Gasteiger partial charge in [-0.2, -0.15) is 0 Å². The average molecular weight is 267 g/mol. The molecule has 3 heteroatoms. The number of halogens is 1. The van der Waals surface area contributed by atoms with Crippen molar-refractivity contribution < 1.29 is 9.13 Å². The maximum atomic E-state index is 13.2. The second kappa shape index (κ2) is 5.29. The number of pyridine rings is 1. The van der Waals surface area contributed by atoms with Gasteiger partial charge in [0.15, 0.2) is 0 Å². The van der Waals surface area contributed by atoms with Crippen LogP contribution in [0.1, 0.15) is 11.1 Å². The summed E-state index contributed by atoms with van der Waals surface area (Å²) >= 11 is 0. The molecular weight excluding hydrogens is 253 g/mol. The number of hydrogen-bond acceptors (Lipinski definition) is 2. The number of fused-ring (bicyclic) bond motifs is 1. The van der Waals surface area contributed by atoms with Crippen LogP contribution in [-0.4, -0.2) is 4.98 Å². The number of aryl methyl sites for hydroxylation is 1. The summed E-state index contributed by atoms with van der Waals surface area (Å²) in [6.45, 7) is 2.31. The molecule has 0 aliphatic rings. The molecule has 100 valence electrons. The van der Waals surface area contributed by atoms with E-state index in [1.54, 1.807) is 12.3 Å². The molecule has 3 aromatic rings. The van der Waals surface area contributed by atoms with E-state index in [0.29, 0.717) is 12.4 Å². The van der Waals surface area contributed by atoms with Gasteiger partial charge in [0.05, 0.1) is 5.52 Å². The summed E-state index contributed by atoms with van der Waals surface area (Å²) in [4.78, 5) is 4.28. The Bertz CT molecular complexity index is 755. The van der Waals surface area contributed by atoms with Crippen LogP contribution >= 0.6 is 0 Å². The van der Waals surface area contributed by atoms with Crippen LogP contribution in [-0.2, 0) is 6.61 Å². The molecule has 0 N–H and O–H groups in total. The molecule has 0 saturated heterocycles. The molecule has 2 aromatic carbocycles. The van der Waals surface area contributed by atoms with Gasteiger partial charge in [-0.3, -0.25) is 4.98 Å². The van der Waals surface area contributed by atoms with Crippen LogP contribution in [0.3, 0.4) is 0 Å². The molecule has 3 rings (SSSR count). The zero-order valence-electron chi connectivity index (χ0n) is 11.1. The van der Waals surface area contributed by atoms with Crippen molar-refractivity contribution in [1.29, 1.82) is 0 Å². The van der Waals surface area contributed by atoms with Crippen molar-refractivity contribution in [1.82, 2.24) is 4.98 Å². The minimum atomic E-state index is -0.284. The summed E-state index contributed by atoms with van der Waals surface area (Å²) in [7, 11) is 0. The van der Waals surface area contributed by atoms with E-state index in [2.05, 4.69) is 4.98 Å². The van der Waals surface area contributed by atoms with Crippen molar-refractivity contribution in [3.05, 3.63) is 71.7 Å². The minimum absolute atomic E-state index is 0.284. The molecule has 0 fully saturated rings. The van der Waals surface area contributed by atoms with Crippen molar-refractivity contribution in [3.63, 3.8) is 0 Å². The number of benzene rings is 2. The second-order valence-corrected chi connectivity index (χ2v) is 4.73. The Morgan fingerprint density at radius 3 is 2.90 bits per heavy atom. The molecule has 0 spiro atoms. The first-order valence-electron chi connectivity index (χ1n) is 6.45. The molecule has 0 atom stereocenters. The van der Waals surface area contributed by atoms with Gasteiger partial charge in [0, 0.05) is 17.6 Å². The molecule has 1 aromatic heterocycles. The summed E-state index contributed by atoms with van der Waals surface area (Å²) in [6, 6.07) is 14.5. The molecular formula is C17H14FNO. The molecule has 2 nitrogen and oxygen atoms in total. The van der Waals surface area contributed by atoms with E-state index >= 15 is 0 Å². The van der Waals surface area contributed by atoms with Crippen molar-refractivity contribution in [2.24, 2.45) is 0 Å². The predicted molar refractivity (Wildman–Crippen MR) is 77.2 cm³/mol. The first-order chi connectivity index (χ1) is 9.72. The number of ether oxygens (including phenoxy) is 1. The molecule has 0 radical (unpaired) electrons. The fraction of sp³-hybridized carbons (Fsp3) is 0.118. The van der Waals surface area contributed by atoms with Crippen LogP contribution in [0.4, 0.5) is 4.39 Å². The van der Waals surface area contributed by atoms with Crippen molar-refractivity contribution >= 4 is 10.9 Å². The fourth-order valence-corrected chi connectivity index (χ4v) is 2.11. The monoisotopic (exact) mass is 267 g/mol. The van der Waals surface area contributed by atoms with Crippen LogP contribution in [0.25, 0.3) is 10.9 Å². The highest BCUT2D eigenvalue weighted by Crippen LogP contribution is 2.21. The summed E-state index contributed by atoms with van der Waals surface area (Å²) in [5.41, 5.74) is 2.92. The van der Waals surface area contributed by atoms with Crippen LogP contribution in [0, 0.1) is 12.7 Å². The van der Waals surface area contributed by atoms with Crippen molar-refractivity contribution in [2.45, 2.75) is 13.5 Å². The molecule has 0 unspecified atom stereocenters. The van der Waals surface area contributed by atoms with Gasteiger partial charge in [-0.25, -0.2) is 4.39 Å². The summed E-state index contributed by atoms with van der Waals surface area (Å²) in [6.07, 6.45) is 1.77. The second-order valence-electron chi connectivity index (χ2n) is 4.73. The number of rotatable bonds is 3. The standard InChI is InChI=1S/C17H14FNO/c1-12-4-6-15(18)10-17(12)20-11-13-5-7-16-14(9-13)3-2-8-19-16/h2-10H,11H2,1H3. The lowest BCUT2D eigenvalue weighted by atomic mass is 10.1. The molecule has 0 bridgehead atoms. The quantitative estimate of drug-likeness (QED) is 0.707. The van der Waals surface area contributed by atoms with Crippen LogP contribution in [0.15, 0.2) is 54.7 Å². The topological polar surface area (TPSA) is 22.1 Å². The molecule has 0 amide bonds. The van der Waals surface area contributed by atoms with E-state index in [9.17, 15) is 4.39 Å². The third kappa shape index (κ3) is 2.62. The van der Waals surface area contributed by atoms with E-state index in [1.807, 2.05) is 37.3 Å². The zero-order chi connectivity index (χ0) is 13.9. The maximum absolute atomic E-state index is 13.2. The van der Waals surface area contributed by atoms with E-state index in [4.69, 9.17) is 4.74 Å². The van der Waals surface area contributed by atoms with E-state index in [0.717, 1.165) is 22.0 Å². The zero-order valence-corrected chi connectivity index (χ0v) is 11.1. The summed E-state index contributed by atoms with van der Waals surface area (Å²) < 4.78 is 18.9. The van der Waals surface area contributed by atoms with Crippen molar-refractivity contribution in [2.75, 3.05) is 0 Å². The molecule has 20 heavy (non-hydrogen) atoms. The Morgan fingerprint density at radius 1 is 1.10 bits per heavy atom. The van der Waals surface area contributed by atoms with Gasteiger partial charge in [-0.05, 0) is 42.3 Å². The first-order valence-corrected chi connectivity index (χ1v) is 6.45. The van der Waals surface area contributed by atoms with Gasteiger partial charge < -0.3 is 4.74 Å². The van der Waals surface area contributed by atoms with Crippen molar-refractivity contribution in [3.8, 4) is 5.75 Å². The van der Waals surface area contributed by atoms with Gasteiger partial charge in [0.2, 0.25) is 0 Å². The number of hydrogen-bond donors (Lipinski definition) is 0. The highest BCUT2D eigenvalue weighted by molar-refractivity contribution is 5.78. The SMILES string of the molecule is Cc1ccc(F)cc1OCc1ccc2ncccc2c1. The lowest BCUT2D eigenvalue weighted by molar-refractivity contribution is 0.302. The average Bonchev–Trinajstić information content (AvgIpc) is 2.48. The van der Waals surface area contributed by atoms with E-state index < -0.39 is 0 Å². The lowest BCUT2D eigenvalue weighted by Gasteiger charge is -2.09. The van der Waals surface area contributed by atoms with Crippen LogP contribution < -0.4 is 4.74 Å². The first kappa shape index (κ1) is 12.6. The van der Waals surface area contributed by atoms with Crippen LogP contribution in [0.5, 0.6) is 5.75 Å². The van der Waals surface area contributed by atoms with E-state index in [-0.39, 0.29) is 5.82 Å². The largest absolute Gasteiger partial charge is 0.489 e. The van der Waals surface area contributed by atoms with E-state index in [1.165, 1.54) is 12.1 Å². The lowest BCUT2D eigenvalue weighted by Crippen LogP contribution is -1.97. The fourth-order valence-electron chi connectivity index (χ4n) is 2.11.